The predicted molar refractivity (Wildman–Crippen MR) is 86.6 cm³/mol. The molecule has 1 fully saturated rings. The maximum absolute atomic E-state index is 12.6. The minimum absolute atomic E-state index is 0.191. The molecule has 2 rings (SSSR count). The number of nitrogens with one attached hydrogen (secondary N) is 1. The Morgan fingerprint density at radius 2 is 1.85 bits per heavy atom. The van der Waals surface area contributed by atoms with Crippen molar-refractivity contribution in [3.8, 4) is 5.75 Å². The average Bonchev–Trinajstić information content (AvgIpc) is 2.78. The summed E-state index contributed by atoms with van der Waals surface area (Å²) in [6.45, 7) is 2.97. The van der Waals surface area contributed by atoms with Crippen LogP contribution in [0, 0.1) is 0 Å². The van der Waals surface area contributed by atoms with Crippen molar-refractivity contribution in [2.45, 2.75) is 38.6 Å². The Bertz CT molecular complexity index is 720. The van der Waals surface area contributed by atoms with E-state index >= 15 is 0 Å². The third-order valence-corrected chi connectivity index (χ3v) is 3.99. The van der Waals surface area contributed by atoms with Crippen LogP contribution in [0.25, 0.3) is 0 Å². The van der Waals surface area contributed by atoms with E-state index in [0.29, 0.717) is 11.3 Å². The second kappa shape index (κ2) is 7.85. The van der Waals surface area contributed by atoms with Gasteiger partial charge in [0.15, 0.2) is 0 Å². The molecule has 1 saturated heterocycles. The fourth-order valence-corrected chi connectivity index (χ4v) is 2.53. The Hall–Kier alpha value is -2.78. The van der Waals surface area contributed by atoms with E-state index < -0.39 is 42.1 Å². The summed E-state index contributed by atoms with van der Waals surface area (Å²) >= 11 is 0. The first-order chi connectivity index (χ1) is 12.6. The van der Waals surface area contributed by atoms with Gasteiger partial charge in [0.25, 0.3) is 5.91 Å². The van der Waals surface area contributed by atoms with Gasteiger partial charge in [0.2, 0.25) is 0 Å². The number of rotatable bonds is 7. The van der Waals surface area contributed by atoms with Crippen molar-refractivity contribution in [2.75, 3.05) is 13.2 Å². The maximum atomic E-state index is 12.6. The number of amides is 3. The SMILES string of the molecule is CCCCOC(=O)CN1C(=O)NC(C)(c2ccc(OC(F)(F)F)cc2)C1=O. The molecule has 1 unspecified atom stereocenters. The molecule has 0 spiro atoms. The van der Waals surface area contributed by atoms with E-state index in [1.54, 1.807) is 0 Å². The highest BCUT2D eigenvalue weighted by Crippen LogP contribution is 2.31. The normalized spacial score (nSPS) is 19.8. The lowest BCUT2D eigenvalue weighted by Crippen LogP contribution is -2.41. The number of nitrogens with zero attached hydrogens (tertiary/aromatic N) is 1. The number of carbonyl (C=O) groups is 3. The number of halogens is 3. The molecule has 27 heavy (non-hydrogen) atoms. The molecule has 1 heterocycles. The van der Waals surface area contributed by atoms with Gasteiger partial charge in [-0.15, -0.1) is 13.2 Å². The molecule has 1 N–H and O–H groups in total. The van der Waals surface area contributed by atoms with Crippen molar-refractivity contribution in [1.82, 2.24) is 10.2 Å². The Kier molecular flexibility index (Phi) is 5.97. The van der Waals surface area contributed by atoms with Crippen molar-refractivity contribution in [3.05, 3.63) is 29.8 Å². The Labute approximate surface area is 153 Å². The summed E-state index contributed by atoms with van der Waals surface area (Å²) in [5.41, 5.74) is -1.27. The molecule has 0 radical (unpaired) electrons. The Morgan fingerprint density at radius 1 is 1.22 bits per heavy atom. The lowest BCUT2D eigenvalue weighted by Gasteiger charge is -2.22. The lowest BCUT2D eigenvalue weighted by atomic mass is 9.92. The van der Waals surface area contributed by atoms with Crippen molar-refractivity contribution in [2.24, 2.45) is 0 Å². The highest BCUT2D eigenvalue weighted by molar-refractivity contribution is 6.08. The fourth-order valence-electron chi connectivity index (χ4n) is 2.53. The van der Waals surface area contributed by atoms with Crippen molar-refractivity contribution < 1.29 is 37.0 Å². The first-order valence-corrected chi connectivity index (χ1v) is 8.23. The monoisotopic (exact) mass is 388 g/mol. The van der Waals surface area contributed by atoms with Crippen LogP contribution in [-0.2, 0) is 19.9 Å². The summed E-state index contributed by atoms with van der Waals surface area (Å²) in [6, 6.07) is 3.76. The van der Waals surface area contributed by atoms with Crippen molar-refractivity contribution >= 4 is 17.9 Å². The zero-order chi connectivity index (χ0) is 20.2. The van der Waals surface area contributed by atoms with Crippen LogP contribution in [0.15, 0.2) is 24.3 Å². The number of carbonyl (C=O) groups excluding carboxylic acids is 3. The van der Waals surface area contributed by atoms with Gasteiger partial charge in [-0.2, -0.15) is 0 Å². The van der Waals surface area contributed by atoms with Gasteiger partial charge in [0.1, 0.15) is 17.8 Å². The quantitative estimate of drug-likeness (QED) is 0.441. The third-order valence-electron chi connectivity index (χ3n) is 3.99. The minimum Gasteiger partial charge on any atom is -0.464 e. The molecule has 7 nitrogen and oxygen atoms in total. The Morgan fingerprint density at radius 3 is 2.41 bits per heavy atom. The number of urea groups is 1. The second-order valence-corrected chi connectivity index (χ2v) is 6.09. The highest BCUT2D eigenvalue weighted by atomic mass is 19.4. The molecule has 1 aliphatic rings. The standard InChI is InChI=1S/C17H19F3N2O5/c1-3-4-9-26-13(23)10-22-14(24)16(2,21-15(22)25)11-5-7-12(8-6-11)27-17(18,19)20/h5-8H,3-4,9-10H2,1-2H3,(H,21,25). The number of imide groups is 1. The summed E-state index contributed by atoms with van der Waals surface area (Å²) in [4.78, 5) is 37.2. The van der Waals surface area contributed by atoms with Crippen LogP contribution in [0.5, 0.6) is 5.75 Å². The summed E-state index contributed by atoms with van der Waals surface area (Å²) in [7, 11) is 0. The molecule has 0 bridgehead atoms. The second-order valence-electron chi connectivity index (χ2n) is 6.09. The van der Waals surface area contributed by atoms with Gasteiger partial charge in [-0.25, -0.2) is 4.79 Å². The minimum atomic E-state index is -4.84. The van der Waals surface area contributed by atoms with Gasteiger partial charge in [-0.1, -0.05) is 25.5 Å². The van der Waals surface area contributed by atoms with Crippen LogP contribution in [0.4, 0.5) is 18.0 Å². The number of hydrogen-bond acceptors (Lipinski definition) is 5. The molecule has 1 atom stereocenters. The van der Waals surface area contributed by atoms with E-state index in [1.807, 2.05) is 6.92 Å². The predicted octanol–water partition coefficient (Wildman–Crippen LogP) is 2.70. The van der Waals surface area contributed by atoms with Crippen molar-refractivity contribution in [3.63, 3.8) is 0 Å². The van der Waals surface area contributed by atoms with Gasteiger partial charge < -0.3 is 14.8 Å². The molecule has 0 saturated carbocycles. The fraction of sp³-hybridized carbons (Fsp3) is 0.471. The maximum Gasteiger partial charge on any atom is 0.573 e. The average molecular weight is 388 g/mol. The van der Waals surface area contributed by atoms with E-state index in [9.17, 15) is 27.6 Å². The van der Waals surface area contributed by atoms with E-state index in [1.165, 1.54) is 19.1 Å². The molecule has 0 aliphatic carbocycles. The number of ether oxygens (including phenoxy) is 2. The molecule has 0 aromatic heterocycles. The zero-order valence-electron chi connectivity index (χ0n) is 14.8. The number of esters is 1. The summed E-state index contributed by atoms with van der Waals surface area (Å²) in [6.07, 6.45) is -3.35. The number of alkyl halides is 3. The van der Waals surface area contributed by atoms with Crippen LogP contribution < -0.4 is 10.1 Å². The molecule has 1 aliphatic heterocycles. The first kappa shape index (κ1) is 20.5. The van der Waals surface area contributed by atoms with Gasteiger partial charge >= 0.3 is 18.4 Å². The highest BCUT2D eigenvalue weighted by Gasteiger charge is 2.49. The van der Waals surface area contributed by atoms with E-state index in [4.69, 9.17) is 4.74 Å². The van der Waals surface area contributed by atoms with Gasteiger partial charge in [0.05, 0.1) is 6.61 Å². The van der Waals surface area contributed by atoms with E-state index in [-0.39, 0.29) is 12.2 Å². The molecular formula is C17H19F3N2O5. The molecule has 1 aromatic carbocycles. The number of benzene rings is 1. The first-order valence-electron chi connectivity index (χ1n) is 8.23. The van der Waals surface area contributed by atoms with Crippen LogP contribution in [-0.4, -0.2) is 42.3 Å². The summed E-state index contributed by atoms with van der Waals surface area (Å²) < 4.78 is 45.4. The molecule has 1 aromatic rings. The zero-order valence-corrected chi connectivity index (χ0v) is 14.8. The number of unbranched alkanes of at least 4 members (excludes halogenated alkanes) is 1. The molecular weight excluding hydrogens is 369 g/mol. The summed E-state index contributed by atoms with van der Waals surface area (Å²) in [5.74, 6) is -1.88. The van der Waals surface area contributed by atoms with Crippen molar-refractivity contribution in [1.29, 1.82) is 0 Å². The number of hydrogen-bond donors (Lipinski definition) is 1. The lowest BCUT2D eigenvalue weighted by molar-refractivity contribution is -0.274. The molecule has 3 amide bonds. The van der Waals surface area contributed by atoms with Crippen LogP contribution in [0.3, 0.4) is 0 Å². The third kappa shape index (κ3) is 4.89. The van der Waals surface area contributed by atoms with Gasteiger partial charge in [-0.3, -0.25) is 14.5 Å². The van der Waals surface area contributed by atoms with Crippen LogP contribution in [0.2, 0.25) is 0 Å². The van der Waals surface area contributed by atoms with Gasteiger partial charge in [0, 0.05) is 0 Å². The molecule has 10 heteroatoms. The van der Waals surface area contributed by atoms with Crippen LogP contribution >= 0.6 is 0 Å². The molecule has 148 valence electrons. The topological polar surface area (TPSA) is 84.9 Å². The summed E-state index contributed by atoms with van der Waals surface area (Å²) in [5, 5.41) is 2.45. The van der Waals surface area contributed by atoms with E-state index in [2.05, 4.69) is 10.1 Å². The largest absolute Gasteiger partial charge is 0.573 e. The van der Waals surface area contributed by atoms with E-state index in [0.717, 1.165) is 18.6 Å². The Balaban J connectivity index is 2.10. The van der Waals surface area contributed by atoms with Crippen LogP contribution in [0.1, 0.15) is 32.3 Å². The smallest absolute Gasteiger partial charge is 0.464 e. The van der Waals surface area contributed by atoms with Gasteiger partial charge in [-0.05, 0) is 31.0 Å².